The van der Waals surface area contributed by atoms with E-state index in [4.69, 9.17) is 9.47 Å². The Morgan fingerprint density at radius 3 is 2.60 bits per heavy atom. The van der Waals surface area contributed by atoms with Crippen LogP contribution in [0.2, 0.25) is 0 Å². The maximum Gasteiger partial charge on any atom is 0.305 e. The Labute approximate surface area is 204 Å². The second-order valence-corrected chi connectivity index (χ2v) is 9.66. The minimum Gasteiger partial charge on any atom is -0.483 e. The van der Waals surface area contributed by atoms with Gasteiger partial charge < -0.3 is 19.4 Å². The Kier molecular flexibility index (Phi) is 5.75. The molecule has 0 saturated carbocycles. The smallest absolute Gasteiger partial charge is 0.305 e. The Morgan fingerprint density at radius 1 is 1.11 bits per heavy atom. The molecule has 3 aromatic carbocycles. The number of carbonyl (C=O) groups excluding carboxylic acids is 1. The van der Waals surface area contributed by atoms with Gasteiger partial charge in [0, 0.05) is 37.0 Å². The first-order valence-corrected chi connectivity index (χ1v) is 12.0. The van der Waals surface area contributed by atoms with Crippen molar-refractivity contribution in [2.45, 2.75) is 38.7 Å². The summed E-state index contributed by atoms with van der Waals surface area (Å²) in [5.74, 6) is 0.538. The van der Waals surface area contributed by atoms with E-state index in [0.29, 0.717) is 30.2 Å². The van der Waals surface area contributed by atoms with Crippen molar-refractivity contribution < 1.29 is 14.3 Å². The van der Waals surface area contributed by atoms with Gasteiger partial charge in [-0.25, -0.2) is 0 Å². The Morgan fingerprint density at radius 2 is 1.86 bits per heavy atom. The molecule has 1 aliphatic heterocycles. The number of pyridine rings is 1. The molecule has 0 spiro atoms. The molecule has 0 saturated heterocycles. The van der Waals surface area contributed by atoms with Crippen LogP contribution < -0.4 is 15.5 Å². The van der Waals surface area contributed by atoms with Gasteiger partial charge in [-0.3, -0.25) is 9.59 Å². The highest BCUT2D eigenvalue weighted by atomic mass is 16.5. The summed E-state index contributed by atoms with van der Waals surface area (Å²) in [6.45, 7) is 4.66. The molecular formula is C29H30N2O4. The second kappa shape index (κ2) is 8.77. The lowest BCUT2D eigenvalue weighted by molar-refractivity contribution is -0.140. The molecule has 4 aromatic rings. The molecule has 180 valence electrons. The molecule has 6 nitrogen and oxygen atoms in total. The highest BCUT2D eigenvalue weighted by Gasteiger charge is 2.26. The van der Waals surface area contributed by atoms with E-state index in [1.807, 2.05) is 57.3 Å². The first kappa shape index (κ1) is 23.0. The normalized spacial score (nSPS) is 14.2. The quantitative estimate of drug-likeness (QED) is 0.220. The van der Waals surface area contributed by atoms with E-state index in [0.717, 1.165) is 45.2 Å². The van der Waals surface area contributed by atoms with Gasteiger partial charge in [-0.05, 0) is 61.7 Å². The molecule has 0 amide bonds. The minimum absolute atomic E-state index is 0.00283. The minimum atomic E-state index is -0.440. The number of hydrogen-bond acceptors (Lipinski definition) is 5. The number of carbonyl (C=O) groups is 1. The van der Waals surface area contributed by atoms with Gasteiger partial charge in [0.05, 0.1) is 29.2 Å². The molecular weight excluding hydrogens is 440 g/mol. The summed E-state index contributed by atoms with van der Waals surface area (Å²) >= 11 is 0. The number of benzene rings is 3. The van der Waals surface area contributed by atoms with Crippen molar-refractivity contribution in [2.24, 2.45) is 7.05 Å². The van der Waals surface area contributed by atoms with Crippen molar-refractivity contribution in [3.63, 3.8) is 0 Å². The van der Waals surface area contributed by atoms with Gasteiger partial charge in [-0.2, -0.15) is 0 Å². The largest absolute Gasteiger partial charge is 0.483 e. The Bertz CT molecular complexity index is 1560. The van der Waals surface area contributed by atoms with Crippen LogP contribution in [0.3, 0.4) is 0 Å². The van der Waals surface area contributed by atoms with Crippen molar-refractivity contribution >= 4 is 50.3 Å². The van der Waals surface area contributed by atoms with E-state index in [9.17, 15) is 9.59 Å². The summed E-state index contributed by atoms with van der Waals surface area (Å²) < 4.78 is 13.1. The summed E-state index contributed by atoms with van der Waals surface area (Å²) in [7, 11) is 3.41. The van der Waals surface area contributed by atoms with Gasteiger partial charge >= 0.3 is 5.97 Å². The number of rotatable bonds is 6. The van der Waals surface area contributed by atoms with Crippen LogP contribution in [-0.2, 0) is 16.6 Å². The standard InChI is InChI=1S/C29H30N2O4/c1-29(2)13-12-20-24(35-29)17-22(30-14-8-7-11-25(32)34-4)26-27(20)31(3)23-16-19-10-6-5-9-18(19)15-21(23)28(26)33/h5-6,9-10,12-13,15-17,30H,7-8,11,14H2,1-4H3. The second-order valence-electron chi connectivity index (χ2n) is 9.66. The summed E-state index contributed by atoms with van der Waals surface area (Å²) in [6, 6.07) is 14.1. The predicted octanol–water partition coefficient (Wildman–Crippen LogP) is 5.78. The van der Waals surface area contributed by atoms with Crippen LogP contribution in [0.4, 0.5) is 5.69 Å². The van der Waals surface area contributed by atoms with Crippen LogP contribution in [0, 0.1) is 0 Å². The first-order chi connectivity index (χ1) is 16.8. The highest BCUT2D eigenvalue weighted by molar-refractivity contribution is 6.08. The number of hydrogen-bond donors (Lipinski definition) is 1. The summed E-state index contributed by atoms with van der Waals surface area (Å²) in [5.41, 5.74) is 2.95. The average molecular weight is 471 g/mol. The molecule has 0 aliphatic carbocycles. The fraction of sp³-hybridized carbons (Fsp3) is 0.310. The lowest BCUT2D eigenvalue weighted by Crippen LogP contribution is -2.28. The number of esters is 1. The van der Waals surface area contributed by atoms with Gasteiger partial charge in [0.1, 0.15) is 11.4 Å². The molecule has 1 aliphatic rings. The molecule has 0 fully saturated rings. The SMILES string of the molecule is COC(=O)CCCCNc1cc2c(c3c1c(=O)c1cc4ccccc4cc1n3C)C=CC(C)(C)O2. The number of nitrogens with one attached hydrogen (secondary N) is 1. The van der Waals surface area contributed by atoms with Crippen LogP contribution in [0.15, 0.2) is 53.3 Å². The maximum atomic E-state index is 14.0. The summed E-state index contributed by atoms with van der Waals surface area (Å²) in [5, 5.41) is 6.93. The van der Waals surface area contributed by atoms with E-state index >= 15 is 0 Å². The predicted molar refractivity (Wildman–Crippen MR) is 142 cm³/mol. The van der Waals surface area contributed by atoms with Gasteiger partial charge in [-0.1, -0.05) is 24.3 Å². The number of aromatic nitrogens is 1. The molecule has 0 radical (unpaired) electrons. The zero-order chi connectivity index (χ0) is 24.7. The molecule has 0 atom stereocenters. The fourth-order valence-electron chi connectivity index (χ4n) is 4.89. The zero-order valence-electron chi connectivity index (χ0n) is 20.6. The van der Waals surface area contributed by atoms with Crippen molar-refractivity contribution in [1.82, 2.24) is 4.57 Å². The zero-order valence-corrected chi connectivity index (χ0v) is 20.6. The van der Waals surface area contributed by atoms with Crippen LogP contribution in [0.25, 0.3) is 38.7 Å². The van der Waals surface area contributed by atoms with E-state index in [-0.39, 0.29) is 11.4 Å². The van der Waals surface area contributed by atoms with Gasteiger partial charge in [0.2, 0.25) is 0 Å². The molecule has 35 heavy (non-hydrogen) atoms. The molecule has 1 aromatic heterocycles. The summed E-state index contributed by atoms with van der Waals surface area (Å²) in [4.78, 5) is 25.4. The number of unbranched alkanes of at least 4 members (excludes halogenated alkanes) is 1. The van der Waals surface area contributed by atoms with Gasteiger partial charge in [0.15, 0.2) is 5.43 Å². The van der Waals surface area contributed by atoms with Crippen molar-refractivity contribution in [1.29, 1.82) is 0 Å². The van der Waals surface area contributed by atoms with Crippen molar-refractivity contribution in [2.75, 3.05) is 19.0 Å². The first-order valence-electron chi connectivity index (χ1n) is 12.0. The molecule has 6 heteroatoms. The Balaban J connectivity index is 1.69. The number of nitrogens with zero attached hydrogens (tertiary/aromatic N) is 1. The van der Waals surface area contributed by atoms with E-state index in [2.05, 4.69) is 28.1 Å². The lowest BCUT2D eigenvalue weighted by Gasteiger charge is -2.30. The fourth-order valence-corrected chi connectivity index (χ4v) is 4.89. The third-order valence-electron chi connectivity index (χ3n) is 6.71. The number of aryl methyl sites for hydroxylation is 1. The molecule has 2 heterocycles. The van der Waals surface area contributed by atoms with Crippen LogP contribution >= 0.6 is 0 Å². The third kappa shape index (κ3) is 4.14. The van der Waals surface area contributed by atoms with Gasteiger partial charge in [0.25, 0.3) is 0 Å². The maximum absolute atomic E-state index is 14.0. The van der Waals surface area contributed by atoms with Crippen molar-refractivity contribution in [3.8, 4) is 5.75 Å². The summed E-state index contributed by atoms with van der Waals surface area (Å²) in [6.07, 6.45) is 5.96. The van der Waals surface area contributed by atoms with Crippen molar-refractivity contribution in [3.05, 3.63) is 64.3 Å². The molecule has 0 unspecified atom stereocenters. The Hall–Kier alpha value is -3.80. The van der Waals surface area contributed by atoms with E-state index < -0.39 is 5.60 Å². The van der Waals surface area contributed by atoms with Gasteiger partial charge in [-0.15, -0.1) is 0 Å². The average Bonchev–Trinajstić information content (AvgIpc) is 2.84. The monoisotopic (exact) mass is 470 g/mol. The third-order valence-corrected chi connectivity index (χ3v) is 6.71. The van der Waals surface area contributed by atoms with E-state index in [1.165, 1.54) is 7.11 Å². The van der Waals surface area contributed by atoms with Crippen LogP contribution in [-0.4, -0.2) is 29.8 Å². The molecule has 0 bridgehead atoms. The van der Waals surface area contributed by atoms with E-state index in [1.54, 1.807) is 0 Å². The number of fused-ring (bicyclic) bond motifs is 5. The highest BCUT2D eigenvalue weighted by Crippen LogP contribution is 2.40. The number of anilines is 1. The molecule has 5 rings (SSSR count). The molecule has 1 N–H and O–H groups in total. The van der Waals surface area contributed by atoms with Crippen LogP contribution in [0.5, 0.6) is 5.75 Å². The topological polar surface area (TPSA) is 69.6 Å². The van der Waals surface area contributed by atoms with Crippen LogP contribution in [0.1, 0.15) is 38.7 Å². The number of ether oxygens (including phenoxy) is 2. The lowest BCUT2D eigenvalue weighted by atomic mass is 9.96. The number of methoxy groups -OCH3 is 1.